The van der Waals surface area contributed by atoms with Crippen molar-refractivity contribution in [1.29, 1.82) is 0 Å². The van der Waals surface area contributed by atoms with Gasteiger partial charge in [0.15, 0.2) is 11.5 Å². The Hall–Kier alpha value is -2.49. The van der Waals surface area contributed by atoms with Crippen molar-refractivity contribution in [3.05, 3.63) is 23.8 Å². The highest BCUT2D eigenvalue weighted by atomic mass is 19.4. The Kier molecular flexibility index (Phi) is 5.57. The van der Waals surface area contributed by atoms with Gasteiger partial charge in [0.05, 0.1) is 0 Å². The van der Waals surface area contributed by atoms with Crippen LogP contribution in [0.5, 0.6) is 11.5 Å². The molecule has 0 spiro atoms. The number of rotatable bonds is 3. The van der Waals surface area contributed by atoms with Crippen molar-refractivity contribution in [3.8, 4) is 11.5 Å². The molecule has 1 aromatic rings. The van der Waals surface area contributed by atoms with E-state index in [2.05, 4.69) is 0 Å². The molecule has 1 heterocycles. The third-order valence-corrected chi connectivity index (χ3v) is 2.45. The summed E-state index contributed by atoms with van der Waals surface area (Å²) in [6.45, 7) is 0.212. The predicted molar refractivity (Wildman–Crippen MR) is 65.6 cm³/mol. The topological polar surface area (TPSA) is 119 Å². The lowest BCUT2D eigenvalue weighted by Gasteiger charge is -2.06. The Morgan fingerprint density at radius 3 is 2.27 bits per heavy atom. The largest absolute Gasteiger partial charge is 0.490 e. The molecule has 10 heteroatoms. The van der Waals surface area contributed by atoms with E-state index in [9.17, 15) is 18.0 Å². The van der Waals surface area contributed by atoms with Gasteiger partial charge in [0.25, 0.3) is 0 Å². The number of carboxylic acid groups (broad SMARTS) is 2. The normalized spacial score (nSPS) is 13.8. The third kappa shape index (κ3) is 5.13. The summed E-state index contributed by atoms with van der Waals surface area (Å²) < 4.78 is 42.0. The molecule has 1 unspecified atom stereocenters. The molecule has 1 aliphatic heterocycles. The number of halogens is 3. The second kappa shape index (κ2) is 6.98. The summed E-state index contributed by atoms with van der Waals surface area (Å²) in [6, 6.07) is 4.42. The summed E-state index contributed by atoms with van der Waals surface area (Å²) in [4.78, 5) is 19.5. The number of hydrogen-bond acceptors (Lipinski definition) is 5. The molecule has 4 N–H and O–H groups in total. The molecule has 0 saturated carbocycles. The monoisotopic (exact) mass is 323 g/mol. The van der Waals surface area contributed by atoms with Gasteiger partial charge in [0.2, 0.25) is 6.79 Å². The summed E-state index contributed by atoms with van der Waals surface area (Å²) in [7, 11) is 0. The van der Waals surface area contributed by atoms with Crippen LogP contribution in [-0.2, 0) is 16.0 Å². The summed E-state index contributed by atoms with van der Waals surface area (Å²) >= 11 is 0. The van der Waals surface area contributed by atoms with Gasteiger partial charge in [-0.1, -0.05) is 6.07 Å². The van der Waals surface area contributed by atoms with Crippen LogP contribution in [0.4, 0.5) is 13.2 Å². The van der Waals surface area contributed by atoms with E-state index in [1.165, 1.54) is 0 Å². The fourth-order valence-corrected chi connectivity index (χ4v) is 1.41. The van der Waals surface area contributed by atoms with E-state index < -0.39 is 24.2 Å². The number of alkyl halides is 3. The first-order valence-electron chi connectivity index (χ1n) is 5.78. The van der Waals surface area contributed by atoms with Crippen LogP contribution in [0, 0.1) is 0 Å². The van der Waals surface area contributed by atoms with E-state index in [-0.39, 0.29) is 13.2 Å². The number of aliphatic carboxylic acids is 2. The molecule has 0 radical (unpaired) electrons. The highest BCUT2D eigenvalue weighted by Crippen LogP contribution is 2.32. The second-order valence-electron chi connectivity index (χ2n) is 4.14. The number of carbonyl (C=O) groups is 2. The van der Waals surface area contributed by atoms with Crippen LogP contribution in [0.15, 0.2) is 18.2 Å². The average molecular weight is 323 g/mol. The number of hydrogen-bond donors (Lipinski definition) is 3. The van der Waals surface area contributed by atoms with Crippen molar-refractivity contribution in [2.45, 2.75) is 18.6 Å². The van der Waals surface area contributed by atoms with Gasteiger partial charge in [-0.05, 0) is 24.1 Å². The van der Waals surface area contributed by atoms with E-state index in [4.69, 9.17) is 30.2 Å². The van der Waals surface area contributed by atoms with E-state index in [0.717, 1.165) is 5.56 Å². The number of nitrogens with two attached hydrogens (primary N) is 1. The molecule has 0 aliphatic carbocycles. The van der Waals surface area contributed by atoms with E-state index in [1.807, 2.05) is 0 Å². The average Bonchev–Trinajstić information content (AvgIpc) is 2.85. The lowest BCUT2D eigenvalue weighted by Crippen LogP contribution is -2.32. The highest BCUT2D eigenvalue weighted by Gasteiger charge is 2.38. The number of benzene rings is 1. The molecule has 0 saturated heterocycles. The number of fused-ring (bicyclic) bond motifs is 1. The lowest BCUT2D eigenvalue weighted by atomic mass is 10.1. The minimum absolute atomic E-state index is 0.212. The van der Waals surface area contributed by atoms with Gasteiger partial charge in [0, 0.05) is 0 Å². The smallest absolute Gasteiger partial charge is 0.480 e. The second-order valence-corrected chi connectivity index (χ2v) is 4.14. The molecule has 122 valence electrons. The lowest BCUT2D eigenvalue weighted by molar-refractivity contribution is -0.192. The van der Waals surface area contributed by atoms with Crippen molar-refractivity contribution in [1.82, 2.24) is 0 Å². The molecule has 7 nitrogen and oxygen atoms in total. The predicted octanol–water partition coefficient (Wildman–Crippen LogP) is 1.00. The standard InChI is InChI=1S/C10H11NO4.C2HF3O2/c11-7(10(12)13)3-6-1-2-8-9(4-6)15-5-14-8;3-2(4,5)1(6)7/h1-2,4,7H,3,5,11H2,(H,12,13);(H,6,7). The van der Waals surface area contributed by atoms with Gasteiger partial charge < -0.3 is 25.4 Å². The van der Waals surface area contributed by atoms with Crippen LogP contribution in [0.3, 0.4) is 0 Å². The van der Waals surface area contributed by atoms with E-state index >= 15 is 0 Å². The van der Waals surface area contributed by atoms with Gasteiger partial charge in [-0.25, -0.2) is 4.79 Å². The molecule has 1 aromatic carbocycles. The molecule has 1 atom stereocenters. The molecule has 1 aliphatic rings. The number of carboxylic acids is 2. The Morgan fingerprint density at radius 1 is 1.23 bits per heavy atom. The first-order chi connectivity index (χ1) is 10.1. The zero-order chi connectivity index (χ0) is 16.9. The molecular weight excluding hydrogens is 311 g/mol. The van der Waals surface area contributed by atoms with Crippen LogP contribution >= 0.6 is 0 Å². The first-order valence-corrected chi connectivity index (χ1v) is 5.78. The van der Waals surface area contributed by atoms with Crippen molar-refractivity contribution in [2.75, 3.05) is 6.79 Å². The summed E-state index contributed by atoms with van der Waals surface area (Å²) in [6.07, 6.45) is -4.80. The Morgan fingerprint density at radius 2 is 1.77 bits per heavy atom. The number of ether oxygens (including phenoxy) is 2. The van der Waals surface area contributed by atoms with Crippen molar-refractivity contribution < 1.29 is 42.4 Å². The first kappa shape index (κ1) is 17.6. The Labute approximate surface area is 122 Å². The van der Waals surface area contributed by atoms with Crippen molar-refractivity contribution >= 4 is 11.9 Å². The molecule has 22 heavy (non-hydrogen) atoms. The van der Waals surface area contributed by atoms with Crippen LogP contribution in [0.2, 0.25) is 0 Å². The quantitative estimate of drug-likeness (QED) is 0.759. The van der Waals surface area contributed by atoms with Gasteiger partial charge in [-0.15, -0.1) is 0 Å². The Balaban J connectivity index is 0.000000295. The molecule has 0 bridgehead atoms. The van der Waals surface area contributed by atoms with Gasteiger partial charge in [-0.3, -0.25) is 4.79 Å². The SMILES string of the molecule is NC(Cc1ccc2c(c1)OCO2)C(=O)O.O=C(O)C(F)(F)F. The zero-order valence-electron chi connectivity index (χ0n) is 11.0. The molecule has 0 amide bonds. The van der Waals surface area contributed by atoms with Crippen LogP contribution in [-0.4, -0.2) is 41.2 Å². The van der Waals surface area contributed by atoms with Gasteiger partial charge >= 0.3 is 18.1 Å². The summed E-state index contributed by atoms with van der Waals surface area (Å²) in [5.41, 5.74) is 6.25. The van der Waals surface area contributed by atoms with Crippen LogP contribution in [0.1, 0.15) is 5.56 Å². The van der Waals surface area contributed by atoms with Crippen LogP contribution < -0.4 is 15.2 Å². The van der Waals surface area contributed by atoms with Crippen molar-refractivity contribution in [2.24, 2.45) is 5.73 Å². The minimum Gasteiger partial charge on any atom is -0.480 e. The van der Waals surface area contributed by atoms with Gasteiger partial charge in [0.1, 0.15) is 6.04 Å². The van der Waals surface area contributed by atoms with Crippen LogP contribution in [0.25, 0.3) is 0 Å². The molecule has 2 rings (SSSR count). The maximum Gasteiger partial charge on any atom is 0.490 e. The molecule has 0 aromatic heterocycles. The minimum atomic E-state index is -5.08. The van der Waals surface area contributed by atoms with Crippen molar-refractivity contribution in [3.63, 3.8) is 0 Å². The zero-order valence-corrected chi connectivity index (χ0v) is 11.0. The summed E-state index contributed by atoms with van der Waals surface area (Å²) in [5.74, 6) is -2.44. The molecular formula is C12H12F3NO6. The van der Waals surface area contributed by atoms with E-state index in [1.54, 1.807) is 18.2 Å². The summed E-state index contributed by atoms with van der Waals surface area (Å²) in [5, 5.41) is 15.8. The maximum absolute atomic E-state index is 10.6. The van der Waals surface area contributed by atoms with Gasteiger partial charge in [-0.2, -0.15) is 13.2 Å². The van der Waals surface area contributed by atoms with E-state index in [0.29, 0.717) is 11.5 Å². The molecule has 0 fully saturated rings. The fraction of sp³-hybridized carbons (Fsp3) is 0.333. The fourth-order valence-electron chi connectivity index (χ4n) is 1.41. The highest BCUT2D eigenvalue weighted by molar-refractivity contribution is 5.73. The third-order valence-electron chi connectivity index (χ3n) is 2.45. The maximum atomic E-state index is 10.6. The Bertz CT molecular complexity index is 560.